The second-order valence-corrected chi connectivity index (χ2v) is 6.48. The summed E-state index contributed by atoms with van der Waals surface area (Å²) < 4.78 is 5.48. The van der Waals surface area contributed by atoms with Crippen LogP contribution in [0.1, 0.15) is 16.2 Å². The molecule has 2 aromatic heterocycles. The standard InChI is InChI=1S/C17H14ClN3O3S/c1-10-2-7-14(24-10)17-21-13(9-25-17)16(23)19-8-15(22)20-12-5-3-11(18)4-6-12/h2-7,9H,8H2,1H3,(H,19,23)(H,20,22). The van der Waals surface area contributed by atoms with E-state index in [0.29, 0.717) is 21.5 Å². The maximum atomic E-state index is 12.1. The Balaban J connectivity index is 1.54. The van der Waals surface area contributed by atoms with E-state index in [-0.39, 0.29) is 18.1 Å². The number of carbonyl (C=O) groups excluding carboxylic acids is 2. The molecular formula is C17H14ClN3O3S. The maximum absolute atomic E-state index is 12.1. The molecule has 128 valence electrons. The van der Waals surface area contributed by atoms with Crippen LogP contribution >= 0.6 is 22.9 Å². The molecule has 0 aliphatic carbocycles. The highest BCUT2D eigenvalue weighted by Gasteiger charge is 2.14. The molecule has 2 amide bonds. The second-order valence-electron chi connectivity index (χ2n) is 5.19. The fraction of sp³-hybridized carbons (Fsp3) is 0.118. The fourth-order valence-corrected chi connectivity index (χ4v) is 2.92. The van der Waals surface area contributed by atoms with Gasteiger partial charge in [0.1, 0.15) is 11.5 Å². The third-order valence-electron chi connectivity index (χ3n) is 3.23. The number of thiazole rings is 1. The second kappa shape index (κ2) is 7.50. The predicted octanol–water partition coefficient (Wildman–Crippen LogP) is 3.73. The van der Waals surface area contributed by atoms with E-state index in [9.17, 15) is 9.59 Å². The average Bonchev–Trinajstić information content (AvgIpc) is 3.23. The molecule has 0 saturated heterocycles. The van der Waals surface area contributed by atoms with Crippen LogP contribution in [0.2, 0.25) is 5.02 Å². The van der Waals surface area contributed by atoms with Gasteiger partial charge < -0.3 is 15.1 Å². The Morgan fingerprint density at radius 1 is 1.20 bits per heavy atom. The van der Waals surface area contributed by atoms with Crippen molar-refractivity contribution in [2.24, 2.45) is 0 Å². The number of carbonyl (C=O) groups is 2. The van der Waals surface area contributed by atoms with E-state index in [1.165, 1.54) is 11.3 Å². The molecule has 0 bridgehead atoms. The van der Waals surface area contributed by atoms with Gasteiger partial charge in [-0.3, -0.25) is 9.59 Å². The summed E-state index contributed by atoms with van der Waals surface area (Å²) in [6, 6.07) is 10.3. The number of amides is 2. The van der Waals surface area contributed by atoms with E-state index < -0.39 is 5.91 Å². The molecule has 0 aliphatic heterocycles. The molecule has 0 fully saturated rings. The first-order valence-corrected chi connectivity index (χ1v) is 8.63. The van der Waals surface area contributed by atoms with Gasteiger partial charge in [0.05, 0.1) is 6.54 Å². The molecule has 8 heteroatoms. The normalized spacial score (nSPS) is 10.5. The Kier molecular flexibility index (Phi) is 5.16. The summed E-state index contributed by atoms with van der Waals surface area (Å²) in [6.07, 6.45) is 0. The zero-order chi connectivity index (χ0) is 17.8. The van der Waals surface area contributed by atoms with E-state index in [0.717, 1.165) is 5.76 Å². The first-order chi connectivity index (χ1) is 12.0. The number of hydrogen-bond donors (Lipinski definition) is 2. The Labute approximate surface area is 152 Å². The molecule has 25 heavy (non-hydrogen) atoms. The number of halogens is 1. The minimum absolute atomic E-state index is 0.159. The van der Waals surface area contributed by atoms with E-state index in [1.54, 1.807) is 35.7 Å². The van der Waals surface area contributed by atoms with Crippen LogP contribution in [0.4, 0.5) is 5.69 Å². The van der Waals surface area contributed by atoms with Gasteiger partial charge in [-0.05, 0) is 43.3 Å². The largest absolute Gasteiger partial charge is 0.459 e. The number of nitrogens with one attached hydrogen (secondary N) is 2. The van der Waals surface area contributed by atoms with Crippen LogP contribution in [0.3, 0.4) is 0 Å². The minimum Gasteiger partial charge on any atom is -0.459 e. The number of aryl methyl sites for hydroxylation is 1. The van der Waals surface area contributed by atoms with Crippen molar-refractivity contribution in [3.8, 4) is 10.8 Å². The Morgan fingerprint density at radius 3 is 2.64 bits per heavy atom. The number of aromatic nitrogens is 1. The number of hydrogen-bond acceptors (Lipinski definition) is 5. The highest BCUT2D eigenvalue weighted by molar-refractivity contribution is 7.13. The molecule has 0 unspecified atom stereocenters. The van der Waals surface area contributed by atoms with Crippen molar-refractivity contribution in [1.82, 2.24) is 10.3 Å². The number of benzene rings is 1. The van der Waals surface area contributed by atoms with Crippen LogP contribution in [-0.4, -0.2) is 23.3 Å². The first-order valence-electron chi connectivity index (χ1n) is 7.37. The summed E-state index contributed by atoms with van der Waals surface area (Å²) in [7, 11) is 0. The lowest BCUT2D eigenvalue weighted by Crippen LogP contribution is -2.33. The van der Waals surface area contributed by atoms with Gasteiger partial charge in [0.2, 0.25) is 5.91 Å². The van der Waals surface area contributed by atoms with Gasteiger partial charge in [0.15, 0.2) is 10.8 Å². The monoisotopic (exact) mass is 375 g/mol. The Morgan fingerprint density at radius 2 is 1.96 bits per heavy atom. The molecule has 0 saturated carbocycles. The van der Waals surface area contributed by atoms with Crippen molar-refractivity contribution in [2.45, 2.75) is 6.92 Å². The lowest BCUT2D eigenvalue weighted by molar-refractivity contribution is -0.115. The van der Waals surface area contributed by atoms with E-state index in [2.05, 4.69) is 15.6 Å². The molecule has 0 radical (unpaired) electrons. The van der Waals surface area contributed by atoms with Crippen LogP contribution in [0.15, 0.2) is 46.2 Å². The van der Waals surface area contributed by atoms with Gasteiger partial charge in [-0.25, -0.2) is 4.98 Å². The van der Waals surface area contributed by atoms with Crippen molar-refractivity contribution in [1.29, 1.82) is 0 Å². The van der Waals surface area contributed by atoms with Crippen molar-refractivity contribution in [2.75, 3.05) is 11.9 Å². The molecule has 3 aromatic rings. The zero-order valence-electron chi connectivity index (χ0n) is 13.2. The van der Waals surface area contributed by atoms with Crippen LogP contribution in [-0.2, 0) is 4.79 Å². The number of nitrogens with zero attached hydrogens (tertiary/aromatic N) is 1. The lowest BCUT2D eigenvalue weighted by Gasteiger charge is -2.06. The third kappa shape index (κ3) is 4.46. The third-order valence-corrected chi connectivity index (χ3v) is 4.33. The summed E-state index contributed by atoms with van der Waals surface area (Å²) >= 11 is 7.09. The maximum Gasteiger partial charge on any atom is 0.271 e. The summed E-state index contributed by atoms with van der Waals surface area (Å²) in [5.41, 5.74) is 0.848. The summed E-state index contributed by atoms with van der Waals surface area (Å²) in [4.78, 5) is 28.2. The van der Waals surface area contributed by atoms with Gasteiger partial charge in [0.25, 0.3) is 5.91 Å². The smallest absolute Gasteiger partial charge is 0.271 e. The molecule has 2 heterocycles. The molecule has 1 aromatic carbocycles. The van der Waals surface area contributed by atoms with Gasteiger partial charge in [-0.1, -0.05) is 11.6 Å². The highest BCUT2D eigenvalue weighted by Crippen LogP contribution is 2.25. The van der Waals surface area contributed by atoms with Crippen molar-refractivity contribution in [3.63, 3.8) is 0 Å². The van der Waals surface area contributed by atoms with Crippen LogP contribution in [0, 0.1) is 6.92 Å². The predicted molar refractivity (Wildman–Crippen MR) is 97.0 cm³/mol. The number of rotatable bonds is 5. The summed E-state index contributed by atoms with van der Waals surface area (Å²) in [5.74, 6) is 0.627. The molecule has 6 nitrogen and oxygen atoms in total. The van der Waals surface area contributed by atoms with Crippen molar-refractivity contribution in [3.05, 3.63) is 58.3 Å². The Bertz CT molecular complexity index is 902. The fourth-order valence-electron chi connectivity index (χ4n) is 2.03. The summed E-state index contributed by atoms with van der Waals surface area (Å²) in [6.45, 7) is 1.68. The van der Waals surface area contributed by atoms with Crippen LogP contribution in [0.25, 0.3) is 10.8 Å². The number of anilines is 1. The van der Waals surface area contributed by atoms with Crippen LogP contribution < -0.4 is 10.6 Å². The van der Waals surface area contributed by atoms with Crippen LogP contribution in [0.5, 0.6) is 0 Å². The minimum atomic E-state index is -0.419. The van der Waals surface area contributed by atoms with E-state index in [4.69, 9.17) is 16.0 Å². The Hall–Kier alpha value is -2.64. The molecular weight excluding hydrogens is 362 g/mol. The van der Waals surface area contributed by atoms with Gasteiger partial charge >= 0.3 is 0 Å². The van der Waals surface area contributed by atoms with Gasteiger partial charge in [0, 0.05) is 16.1 Å². The van der Waals surface area contributed by atoms with E-state index >= 15 is 0 Å². The molecule has 0 aliphatic rings. The average molecular weight is 376 g/mol. The first kappa shape index (κ1) is 17.2. The highest BCUT2D eigenvalue weighted by atomic mass is 35.5. The quantitative estimate of drug-likeness (QED) is 0.711. The summed E-state index contributed by atoms with van der Waals surface area (Å²) in [5, 5.41) is 8.02. The van der Waals surface area contributed by atoms with Crippen molar-refractivity contribution >= 4 is 40.4 Å². The molecule has 3 rings (SSSR count). The lowest BCUT2D eigenvalue weighted by atomic mass is 10.3. The molecule has 0 spiro atoms. The van der Waals surface area contributed by atoms with Gasteiger partial charge in [-0.2, -0.15) is 0 Å². The zero-order valence-corrected chi connectivity index (χ0v) is 14.8. The molecule has 2 N–H and O–H groups in total. The van der Waals surface area contributed by atoms with Crippen molar-refractivity contribution < 1.29 is 14.0 Å². The molecule has 0 atom stereocenters. The SMILES string of the molecule is Cc1ccc(-c2nc(C(=O)NCC(=O)Nc3ccc(Cl)cc3)cs2)o1. The number of furan rings is 1. The van der Waals surface area contributed by atoms with Gasteiger partial charge in [-0.15, -0.1) is 11.3 Å². The topological polar surface area (TPSA) is 84.2 Å². The van der Waals surface area contributed by atoms with E-state index in [1.807, 2.05) is 13.0 Å².